The minimum Gasteiger partial charge on any atom is -0.481 e. The second-order valence-corrected chi connectivity index (χ2v) is 6.17. The molecule has 2 rings (SSSR count). The Balaban J connectivity index is 2.04. The van der Waals surface area contributed by atoms with Crippen LogP contribution in [0.1, 0.15) is 31.7 Å². The lowest BCUT2D eigenvalue weighted by Gasteiger charge is -2.39. The fraction of sp³-hybridized carbons (Fsp3) is 0.625. The summed E-state index contributed by atoms with van der Waals surface area (Å²) in [7, 11) is 3.93. The number of aliphatic carboxylic acids is 1. The Labute approximate surface area is 126 Å². The number of aromatic nitrogens is 1. The van der Waals surface area contributed by atoms with E-state index < -0.39 is 11.4 Å². The lowest BCUT2D eigenvalue weighted by atomic mass is 9.77. The summed E-state index contributed by atoms with van der Waals surface area (Å²) in [6.45, 7) is 4.35. The number of carbonyl (C=O) groups is 1. The zero-order chi connectivity index (χ0) is 15.5. The van der Waals surface area contributed by atoms with Crippen LogP contribution in [0, 0.1) is 5.41 Å². The molecule has 1 fully saturated rings. The molecule has 116 valence electrons. The summed E-state index contributed by atoms with van der Waals surface area (Å²) in [6.07, 6.45) is 4.31. The van der Waals surface area contributed by atoms with Gasteiger partial charge in [0.25, 0.3) is 0 Å². The van der Waals surface area contributed by atoms with Crippen LogP contribution in [-0.4, -0.2) is 48.1 Å². The zero-order valence-electron chi connectivity index (χ0n) is 13.2. The highest BCUT2D eigenvalue weighted by atomic mass is 16.4. The van der Waals surface area contributed by atoms with Crippen molar-refractivity contribution in [3.63, 3.8) is 0 Å². The predicted octanol–water partition coefficient (Wildman–Crippen LogP) is 2.22. The summed E-state index contributed by atoms with van der Waals surface area (Å²) >= 11 is 0. The van der Waals surface area contributed by atoms with Crippen LogP contribution in [0.15, 0.2) is 18.3 Å². The first kappa shape index (κ1) is 15.8. The fourth-order valence-electron chi connectivity index (χ4n) is 3.01. The SMILES string of the molecule is CCC1(C(=O)O)CCCN(Cc2ccc(N(C)C)nc2)C1. The molecular weight excluding hydrogens is 266 g/mol. The van der Waals surface area contributed by atoms with Gasteiger partial charge >= 0.3 is 5.97 Å². The fourth-order valence-corrected chi connectivity index (χ4v) is 3.01. The Bertz CT molecular complexity index is 487. The van der Waals surface area contributed by atoms with Crippen LogP contribution in [0.5, 0.6) is 0 Å². The summed E-state index contributed by atoms with van der Waals surface area (Å²) in [5, 5.41) is 9.53. The molecule has 1 aliphatic heterocycles. The summed E-state index contributed by atoms with van der Waals surface area (Å²) in [5.41, 5.74) is 0.563. The normalized spacial score (nSPS) is 23.0. The molecule has 1 N–H and O–H groups in total. The maximum absolute atomic E-state index is 11.6. The van der Waals surface area contributed by atoms with Gasteiger partial charge in [-0.15, -0.1) is 0 Å². The van der Waals surface area contributed by atoms with Crippen molar-refractivity contribution in [3.8, 4) is 0 Å². The van der Waals surface area contributed by atoms with Gasteiger partial charge in [-0.25, -0.2) is 4.98 Å². The van der Waals surface area contributed by atoms with Crippen LogP contribution in [-0.2, 0) is 11.3 Å². The lowest BCUT2D eigenvalue weighted by Crippen LogP contribution is -2.47. The van der Waals surface area contributed by atoms with E-state index in [9.17, 15) is 9.90 Å². The summed E-state index contributed by atoms with van der Waals surface area (Å²) in [4.78, 5) is 20.2. The van der Waals surface area contributed by atoms with Crippen molar-refractivity contribution in [2.24, 2.45) is 5.41 Å². The van der Waals surface area contributed by atoms with Gasteiger partial charge in [-0.3, -0.25) is 9.69 Å². The molecule has 0 bridgehead atoms. The van der Waals surface area contributed by atoms with Crippen LogP contribution >= 0.6 is 0 Å². The molecule has 1 saturated heterocycles. The highest BCUT2D eigenvalue weighted by Crippen LogP contribution is 2.34. The van der Waals surface area contributed by atoms with Crippen molar-refractivity contribution in [2.45, 2.75) is 32.7 Å². The van der Waals surface area contributed by atoms with Crippen LogP contribution in [0.2, 0.25) is 0 Å². The minimum atomic E-state index is -0.657. The van der Waals surface area contributed by atoms with Crippen molar-refractivity contribution >= 4 is 11.8 Å². The molecule has 5 heteroatoms. The van der Waals surface area contributed by atoms with Crippen LogP contribution in [0.4, 0.5) is 5.82 Å². The van der Waals surface area contributed by atoms with Crippen molar-refractivity contribution in [3.05, 3.63) is 23.9 Å². The molecule has 0 radical (unpaired) electrons. The Kier molecular flexibility index (Phi) is 4.83. The van der Waals surface area contributed by atoms with Crippen molar-refractivity contribution < 1.29 is 9.90 Å². The summed E-state index contributed by atoms with van der Waals surface area (Å²) in [6, 6.07) is 4.08. The van der Waals surface area contributed by atoms with E-state index in [2.05, 4.69) is 16.0 Å². The predicted molar refractivity (Wildman–Crippen MR) is 83.4 cm³/mol. The molecular formula is C16H25N3O2. The van der Waals surface area contributed by atoms with Crippen molar-refractivity contribution in [2.75, 3.05) is 32.1 Å². The van der Waals surface area contributed by atoms with Crippen LogP contribution < -0.4 is 4.90 Å². The summed E-state index contributed by atoms with van der Waals surface area (Å²) in [5.74, 6) is 0.279. The number of nitrogens with zero attached hydrogens (tertiary/aromatic N) is 3. The third-order valence-corrected chi connectivity index (χ3v) is 4.46. The minimum absolute atomic E-state index is 0.574. The topological polar surface area (TPSA) is 56.7 Å². The Morgan fingerprint density at radius 3 is 2.76 bits per heavy atom. The Morgan fingerprint density at radius 2 is 2.24 bits per heavy atom. The average molecular weight is 291 g/mol. The quantitative estimate of drug-likeness (QED) is 0.901. The number of pyridine rings is 1. The third kappa shape index (κ3) is 3.53. The van der Waals surface area contributed by atoms with E-state index in [0.717, 1.165) is 37.3 Å². The maximum Gasteiger partial charge on any atom is 0.310 e. The number of likely N-dealkylation sites (tertiary alicyclic amines) is 1. The largest absolute Gasteiger partial charge is 0.481 e. The first-order chi connectivity index (χ1) is 9.97. The lowest BCUT2D eigenvalue weighted by molar-refractivity contribution is -0.153. The molecule has 0 spiro atoms. The summed E-state index contributed by atoms with van der Waals surface area (Å²) < 4.78 is 0. The molecule has 1 unspecified atom stereocenters. The number of carboxylic acid groups (broad SMARTS) is 1. The first-order valence-electron chi connectivity index (χ1n) is 7.55. The number of anilines is 1. The standard InChI is InChI=1S/C16H25N3O2/c1-4-16(15(20)21)8-5-9-19(12-16)11-13-6-7-14(17-10-13)18(2)3/h6-7,10H,4-5,8-9,11-12H2,1-3H3,(H,20,21). The van der Waals surface area contributed by atoms with E-state index in [0.29, 0.717) is 13.0 Å². The molecule has 1 aromatic rings. The van der Waals surface area contributed by atoms with E-state index in [1.165, 1.54) is 0 Å². The zero-order valence-corrected chi connectivity index (χ0v) is 13.2. The first-order valence-corrected chi connectivity index (χ1v) is 7.55. The van der Waals surface area contributed by atoms with Crippen LogP contribution in [0.3, 0.4) is 0 Å². The smallest absolute Gasteiger partial charge is 0.310 e. The second-order valence-electron chi connectivity index (χ2n) is 6.17. The van der Waals surface area contributed by atoms with E-state index in [-0.39, 0.29) is 0 Å². The third-order valence-electron chi connectivity index (χ3n) is 4.46. The van der Waals surface area contributed by atoms with E-state index >= 15 is 0 Å². The van der Waals surface area contributed by atoms with Gasteiger partial charge in [-0.2, -0.15) is 0 Å². The van der Waals surface area contributed by atoms with Gasteiger partial charge in [-0.05, 0) is 37.4 Å². The van der Waals surface area contributed by atoms with Gasteiger partial charge in [0, 0.05) is 33.4 Å². The van der Waals surface area contributed by atoms with E-state index in [4.69, 9.17) is 0 Å². The molecule has 0 amide bonds. The molecule has 21 heavy (non-hydrogen) atoms. The average Bonchev–Trinajstić information content (AvgIpc) is 2.47. The molecule has 0 aromatic carbocycles. The monoisotopic (exact) mass is 291 g/mol. The van der Waals surface area contributed by atoms with Crippen molar-refractivity contribution in [1.82, 2.24) is 9.88 Å². The number of carboxylic acids is 1. The molecule has 5 nitrogen and oxygen atoms in total. The van der Waals surface area contributed by atoms with Gasteiger partial charge in [0.1, 0.15) is 5.82 Å². The van der Waals surface area contributed by atoms with E-state index in [1.54, 1.807) is 0 Å². The van der Waals surface area contributed by atoms with Gasteiger partial charge in [-0.1, -0.05) is 13.0 Å². The Morgan fingerprint density at radius 1 is 1.48 bits per heavy atom. The molecule has 1 atom stereocenters. The number of rotatable bonds is 5. The second kappa shape index (κ2) is 6.43. The highest BCUT2D eigenvalue weighted by molar-refractivity contribution is 5.75. The van der Waals surface area contributed by atoms with Gasteiger partial charge < -0.3 is 10.0 Å². The molecule has 2 heterocycles. The maximum atomic E-state index is 11.6. The molecule has 0 saturated carbocycles. The molecule has 1 aromatic heterocycles. The highest BCUT2D eigenvalue weighted by Gasteiger charge is 2.40. The Hall–Kier alpha value is -1.62. The van der Waals surface area contributed by atoms with Gasteiger partial charge in [0.2, 0.25) is 0 Å². The van der Waals surface area contributed by atoms with Gasteiger partial charge in [0.05, 0.1) is 5.41 Å². The number of hydrogen-bond acceptors (Lipinski definition) is 4. The van der Waals surface area contributed by atoms with Crippen LogP contribution in [0.25, 0.3) is 0 Å². The number of hydrogen-bond donors (Lipinski definition) is 1. The molecule has 1 aliphatic rings. The molecule has 0 aliphatic carbocycles. The van der Waals surface area contributed by atoms with E-state index in [1.807, 2.05) is 38.2 Å². The number of piperidine rings is 1. The van der Waals surface area contributed by atoms with Gasteiger partial charge in [0.15, 0.2) is 0 Å². The van der Waals surface area contributed by atoms with Crippen molar-refractivity contribution in [1.29, 1.82) is 0 Å².